The lowest BCUT2D eigenvalue weighted by molar-refractivity contribution is -0.118. The first-order valence-electron chi connectivity index (χ1n) is 7.91. The second-order valence-corrected chi connectivity index (χ2v) is 6.21. The summed E-state index contributed by atoms with van der Waals surface area (Å²) in [6, 6.07) is 16.1. The molecule has 0 aliphatic carbocycles. The highest BCUT2D eigenvalue weighted by molar-refractivity contribution is 7.80. The molecule has 2 aromatic carbocycles. The summed E-state index contributed by atoms with van der Waals surface area (Å²) in [5.41, 5.74) is 9.71. The van der Waals surface area contributed by atoms with E-state index >= 15 is 0 Å². The van der Waals surface area contributed by atoms with Crippen molar-refractivity contribution in [3.05, 3.63) is 65.2 Å². The number of nitrogens with zero attached hydrogens (tertiary/aromatic N) is 1. The van der Waals surface area contributed by atoms with E-state index in [-0.39, 0.29) is 12.3 Å². The van der Waals surface area contributed by atoms with Gasteiger partial charge in [-0.25, -0.2) is 0 Å². The van der Waals surface area contributed by atoms with Crippen LogP contribution in [0, 0.1) is 13.8 Å². The highest BCUT2D eigenvalue weighted by atomic mass is 32.1. The molecule has 0 aliphatic rings. The van der Waals surface area contributed by atoms with Crippen LogP contribution >= 0.6 is 12.2 Å². The molecule has 0 heterocycles. The number of thiocarbonyl (C=S) groups is 1. The van der Waals surface area contributed by atoms with Crippen molar-refractivity contribution in [3.63, 3.8) is 0 Å². The Morgan fingerprint density at radius 3 is 2.29 bits per heavy atom. The predicted molar refractivity (Wildman–Crippen MR) is 103 cm³/mol. The number of primary amides is 1. The Hall–Kier alpha value is -2.40. The van der Waals surface area contributed by atoms with Crippen LogP contribution in [0.25, 0.3) is 0 Å². The van der Waals surface area contributed by atoms with Crippen LogP contribution in [0.3, 0.4) is 0 Å². The number of rotatable bonds is 6. The van der Waals surface area contributed by atoms with Gasteiger partial charge in [0.15, 0.2) is 5.11 Å². The Bertz CT molecular complexity index is 696. The van der Waals surface area contributed by atoms with Crippen LogP contribution in [0.1, 0.15) is 23.1 Å². The Balaban J connectivity index is 2.15. The van der Waals surface area contributed by atoms with Gasteiger partial charge in [0.1, 0.15) is 0 Å². The van der Waals surface area contributed by atoms with E-state index in [9.17, 15) is 4.79 Å². The van der Waals surface area contributed by atoms with Crippen molar-refractivity contribution in [2.24, 2.45) is 5.73 Å². The van der Waals surface area contributed by atoms with E-state index in [1.54, 1.807) is 0 Å². The number of amides is 1. The number of hydrogen-bond acceptors (Lipinski definition) is 2. The smallest absolute Gasteiger partial charge is 0.219 e. The minimum absolute atomic E-state index is 0.265. The second kappa shape index (κ2) is 8.45. The molecule has 0 saturated heterocycles. The first-order chi connectivity index (χ1) is 11.5. The lowest BCUT2D eigenvalue weighted by Gasteiger charge is -2.26. The van der Waals surface area contributed by atoms with Gasteiger partial charge in [-0.2, -0.15) is 0 Å². The predicted octanol–water partition coefficient (Wildman–Crippen LogP) is 3.38. The van der Waals surface area contributed by atoms with Crippen molar-refractivity contribution in [2.75, 3.05) is 11.9 Å². The molecule has 0 bridgehead atoms. The molecule has 2 rings (SSSR count). The molecule has 126 valence electrons. The Morgan fingerprint density at radius 1 is 1.08 bits per heavy atom. The zero-order chi connectivity index (χ0) is 17.5. The standard InChI is InChI=1S/C19H23N3OS/c1-14-7-6-8-15(2)18(14)21-19(24)22(12-11-17(20)23)13-16-9-4-3-5-10-16/h3-10H,11-13H2,1-2H3,(H2,20,23)(H,21,24). The van der Waals surface area contributed by atoms with Crippen LogP contribution in [0.4, 0.5) is 5.69 Å². The molecule has 0 aliphatic heterocycles. The van der Waals surface area contributed by atoms with Crippen molar-refractivity contribution < 1.29 is 4.79 Å². The maximum atomic E-state index is 11.2. The molecule has 0 atom stereocenters. The van der Waals surface area contributed by atoms with Crippen molar-refractivity contribution >= 4 is 28.9 Å². The molecule has 0 radical (unpaired) electrons. The molecule has 0 fully saturated rings. The van der Waals surface area contributed by atoms with Gasteiger partial charge in [0, 0.05) is 25.2 Å². The highest BCUT2D eigenvalue weighted by Gasteiger charge is 2.13. The van der Waals surface area contributed by atoms with E-state index in [1.807, 2.05) is 67.3 Å². The van der Waals surface area contributed by atoms with Gasteiger partial charge < -0.3 is 16.0 Å². The minimum atomic E-state index is -0.331. The summed E-state index contributed by atoms with van der Waals surface area (Å²) in [5.74, 6) is -0.331. The van der Waals surface area contributed by atoms with Gasteiger partial charge in [-0.3, -0.25) is 4.79 Å². The number of benzene rings is 2. The molecular formula is C19H23N3OS. The highest BCUT2D eigenvalue weighted by Crippen LogP contribution is 2.20. The van der Waals surface area contributed by atoms with Crippen LogP contribution in [-0.2, 0) is 11.3 Å². The molecule has 0 spiro atoms. The number of para-hydroxylation sites is 1. The number of nitrogens with one attached hydrogen (secondary N) is 1. The quantitative estimate of drug-likeness (QED) is 0.791. The second-order valence-electron chi connectivity index (χ2n) is 5.82. The maximum absolute atomic E-state index is 11.2. The maximum Gasteiger partial charge on any atom is 0.219 e. The average molecular weight is 341 g/mol. The fraction of sp³-hybridized carbons (Fsp3) is 0.263. The third-order valence-corrected chi connectivity index (χ3v) is 4.20. The lowest BCUT2D eigenvalue weighted by Crippen LogP contribution is -2.37. The van der Waals surface area contributed by atoms with Gasteiger partial charge in [0.2, 0.25) is 5.91 Å². The van der Waals surface area contributed by atoms with Crippen molar-refractivity contribution in [2.45, 2.75) is 26.8 Å². The monoisotopic (exact) mass is 341 g/mol. The molecule has 0 unspecified atom stereocenters. The van der Waals surface area contributed by atoms with Crippen LogP contribution in [0.5, 0.6) is 0 Å². The van der Waals surface area contributed by atoms with Crippen LogP contribution in [0.15, 0.2) is 48.5 Å². The first kappa shape index (κ1) is 17.9. The van der Waals surface area contributed by atoms with E-state index in [1.165, 1.54) is 0 Å². The Morgan fingerprint density at radius 2 is 1.71 bits per heavy atom. The SMILES string of the molecule is Cc1cccc(C)c1NC(=S)N(CCC(N)=O)Cc1ccccc1. The van der Waals surface area contributed by atoms with E-state index < -0.39 is 0 Å². The van der Waals surface area contributed by atoms with Gasteiger partial charge in [0.25, 0.3) is 0 Å². The number of carbonyl (C=O) groups excluding carboxylic acids is 1. The summed E-state index contributed by atoms with van der Waals surface area (Å²) in [4.78, 5) is 13.2. The van der Waals surface area contributed by atoms with E-state index in [0.717, 1.165) is 22.4 Å². The molecule has 24 heavy (non-hydrogen) atoms. The summed E-state index contributed by atoms with van der Waals surface area (Å²) in [7, 11) is 0. The van der Waals surface area contributed by atoms with Crippen LogP contribution in [-0.4, -0.2) is 22.5 Å². The number of nitrogens with two attached hydrogens (primary N) is 1. The number of aryl methyl sites for hydroxylation is 2. The van der Waals surface area contributed by atoms with Gasteiger partial charge in [-0.05, 0) is 42.8 Å². The molecule has 0 aromatic heterocycles. The average Bonchev–Trinajstić information content (AvgIpc) is 2.55. The van der Waals surface area contributed by atoms with E-state index in [0.29, 0.717) is 18.2 Å². The van der Waals surface area contributed by atoms with E-state index in [2.05, 4.69) is 5.32 Å². The molecule has 3 N–H and O–H groups in total. The van der Waals surface area contributed by atoms with Crippen LogP contribution in [0.2, 0.25) is 0 Å². The van der Waals surface area contributed by atoms with Crippen molar-refractivity contribution in [3.8, 4) is 0 Å². The molecule has 2 aromatic rings. The summed E-state index contributed by atoms with van der Waals surface area (Å²) in [6.07, 6.45) is 0.265. The van der Waals surface area contributed by atoms with Gasteiger partial charge in [-0.1, -0.05) is 48.5 Å². The lowest BCUT2D eigenvalue weighted by atomic mass is 10.1. The fourth-order valence-electron chi connectivity index (χ4n) is 2.50. The molecular weight excluding hydrogens is 318 g/mol. The van der Waals surface area contributed by atoms with Crippen molar-refractivity contribution in [1.29, 1.82) is 0 Å². The van der Waals surface area contributed by atoms with Gasteiger partial charge >= 0.3 is 0 Å². The third kappa shape index (κ3) is 5.06. The number of anilines is 1. The minimum Gasteiger partial charge on any atom is -0.370 e. The largest absolute Gasteiger partial charge is 0.370 e. The van der Waals surface area contributed by atoms with Crippen molar-refractivity contribution in [1.82, 2.24) is 4.90 Å². The number of carbonyl (C=O) groups is 1. The van der Waals surface area contributed by atoms with E-state index in [4.69, 9.17) is 18.0 Å². The fourth-order valence-corrected chi connectivity index (χ4v) is 2.76. The topological polar surface area (TPSA) is 58.4 Å². The van der Waals surface area contributed by atoms with Gasteiger partial charge in [0.05, 0.1) is 0 Å². The third-order valence-electron chi connectivity index (χ3n) is 3.84. The Kier molecular flexibility index (Phi) is 6.32. The van der Waals surface area contributed by atoms with Gasteiger partial charge in [-0.15, -0.1) is 0 Å². The molecule has 5 heteroatoms. The number of hydrogen-bond donors (Lipinski definition) is 2. The summed E-state index contributed by atoms with van der Waals surface area (Å²) < 4.78 is 0. The first-order valence-corrected chi connectivity index (χ1v) is 8.32. The molecule has 1 amide bonds. The van der Waals surface area contributed by atoms with Crippen LogP contribution < -0.4 is 11.1 Å². The Labute approximate surface area is 148 Å². The summed E-state index contributed by atoms with van der Waals surface area (Å²) in [5, 5.41) is 3.92. The normalized spacial score (nSPS) is 10.2. The molecule has 4 nitrogen and oxygen atoms in total. The zero-order valence-corrected chi connectivity index (χ0v) is 14.9. The molecule has 0 saturated carbocycles. The summed E-state index contributed by atoms with van der Waals surface area (Å²) >= 11 is 5.59. The summed E-state index contributed by atoms with van der Waals surface area (Å²) in [6.45, 7) is 5.21. The zero-order valence-electron chi connectivity index (χ0n) is 14.1.